The molecule has 1 saturated carbocycles. The summed E-state index contributed by atoms with van der Waals surface area (Å²) in [6.07, 6.45) is -5.35. The second kappa shape index (κ2) is 5.66. The van der Waals surface area contributed by atoms with Gasteiger partial charge >= 0.3 is 12.1 Å². The normalized spacial score (nSPS) is 22.6. The van der Waals surface area contributed by atoms with E-state index in [2.05, 4.69) is 5.32 Å². The zero-order valence-corrected chi connectivity index (χ0v) is 11.3. The fourth-order valence-electron chi connectivity index (χ4n) is 1.93. The average molecular weight is 283 g/mol. The van der Waals surface area contributed by atoms with Crippen LogP contribution in [0.3, 0.4) is 0 Å². The number of carboxylic acids is 1. The van der Waals surface area contributed by atoms with Crippen LogP contribution >= 0.6 is 0 Å². The number of alkyl halides is 3. The van der Waals surface area contributed by atoms with Crippen LogP contribution in [0.15, 0.2) is 0 Å². The van der Waals surface area contributed by atoms with Crippen LogP contribution in [-0.2, 0) is 9.53 Å². The zero-order chi connectivity index (χ0) is 14.8. The van der Waals surface area contributed by atoms with Crippen molar-refractivity contribution in [1.82, 2.24) is 5.32 Å². The molecule has 0 amide bonds. The second-order valence-corrected chi connectivity index (χ2v) is 5.39. The Morgan fingerprint density at radius 3 is 2.32 bits per heavy atom. The van der Waals surface area contributed by atoms with Crippen molar-refractivity contribution in [2.24, 2.45) is 0 Å². The third-order valence-corrected chi connectivity index (χ3v) is 3.17. The van der Waals surface area contributed by atoms with E-state index < -0.39 is 29.9 Å². The summed E-state index contributed by atoms with van der Waals surface area (Å²) in [6, 6.07) is 0.147. The third kappa shape index (κ3) is 4.99. The van der Waals surface area contributed by atoms with E-state index in [0.29, 0.717) is 0 Å². The highest BCUT2D eigenvalue weighted by Gasteiger charge is 2.42. The molecule has 0 bridgehead atoms. The first-order valence-electron chi connectivity index (χ1n) is 6.28. The number of rotatable bonds is 7. The Bertz CT molecular complexity index is 331. The van der Waals surface area contributed by atoms with E-state index in [1.54, 1.807) is 0 Å². The molecular formula is C12H20F3NO3. The predicted molar refractivity (Wildman–Crippen MR) is 62.9 cm³/mol. The van der Waals surface area contributed by atoms with Crippen molar-refractivity contribution in [3.63, 3.8) is 0 Å². The van der Waals surface area contributed by atoms with Gasteiger partial charge in [0.2, 0.25) is 0 Å². The fourth-order valence-corrected chi connectivity index (χ4v) is 1.93. The number of aliphatic carboxylic acids is 1. The first-order valence-corrected chi connectivity index (χ1v) is 6.28. The molecule has 1 aliphatic carbocycles. The molecule has 3 unspecified atom stereocenters. The Hall–Kier alpha value is -0.820. The quantitative estimate of drug-likeness (QED) is 0.753. The minimum Gasteiger partial charge on any atom is -0.480 e. The molecule has 0 aliphatic heterocycles. The molecule has 1 aliphatic rings. The second-order valence-electron chi connectivity index (χ2n) is 5.39. The highest BCUT2D eigenvalue weighted by molar-refractivity contribution is 5.78. The van der Waals surface area contributed by atoms with Gasteiger partial charge in [0.25, 0.3) is 0 Å². The number of halogens is 3. The number of hydrogen-bond acceptors (Lipinski definition) is 3. The standard InChI is InChI=1S/C12H20F3NO3/c1-7(19-8(2)12(13,14)15)6-11(3,10(17)18)16-9-4-5-9/h7-9,16H,4-6H2,1-3H3,(H,17,18). The van der Waals surface area contributed by atoms with E-state index in [1.807, 2.05) is 0 Å². The summed E-state index contributed by atoms with van der Waals surface area (Å²) < 4.78 is 41.9. The molecule has 1 rings (SSSR count). The Morgan fingerprint density at radius 1 is 1.42 bits per heavy atom. The van der Waals surface area contributed by atoms with Crippen LogP contribution in [-0.4, -0.2) is 41.0 Å². The highest BCUT2D eigenvalue weighted by Crippen LogP contribution is 2.28. The van der Waals surface area contributed by atoms with Crippen molar-refractivity contribution in [3.05, 3.63) is 0 Å². The molecule has 7 heteroatoms. The van der Waals surface area contributed by atoms with Crippen LogP contribution in [0.1, 0.15) is 40.0 Å². The molecule has 1 fully saturated rings. The highest BCUT2D eigenvalue weighted by atomic mass is 19.4. The lowest BCUT2D eigenvalue weighted by Gasteiger charge is -2.31. The smallest absolute Gasteiger partial charge is 0.414 e. The number of ether oxygens (including phenoxy) is 1. The summed E-state index contributed by atoms with van der Waals surface area (Å²) in [4.78, 5) is 11.3. The molecule has 0 aromatic heterocycles. The topological polar surface area (TPSA) is 58.6 Å². The van der Waals surface area contributed by atoms with Gasteiger partial charge in [-0.1, -0.05) is 0 Å². The van der Waals surface area contributed by atoms with Gasteiger partial charge in [0.1, 0.15) is 5.54 Å². The zero-order valence-electron chi connectivity index (χ0n) is 11.3. The molecule has 4 nitrogen and oxygen atoms in total. The van der Waals surface area contributed by atoms with Crippen molar-refractivity contribution < 1.29 is 27.8 Å². The van der Waals surface area contributed by atoms with Crippen LogP contribution in [0, 0.1) is 0 Å². The van der Waals surface area contributed by atoms with Crippen molar-refractivity contribution >= 4 is 5.97 Å². The lowest BCUT2D eigenvalue weighted by atomic mass is 9.94. The summed E-state index contributed by atoms with van der Waals surface area (Å²) in [5.74, 6) is -1.07. The van der Waals surface area contributed by atoms with Gasteiger partial charge in [-0.25, -0.2) is 0 Å². The Balaban J connectivity index is 2.56. The molecule has 0 aromatic carbocycles. The van der Waals surface area contributed by atoms with Crippen LogP contribution in [0.4, 0.5) is 13.2 Å². The molecule has 112 valence electrons. The Labute approximate surface area is 110 Å². The van der Waals surface area contributed by atoms with Gasteiger partial charge < -0.3 is 9.84 Å². The summed E-state index contributed by atoms with van der Waals surface area (Å²) in [7, 11) is 0. The third-order valence-electron chi connectivity index (χ3n) is 3.17. The molecule has 0 saturated heterocycles. The Kier molecular flexibility index (Phi) is 4.84. The Morgan fingerprint density at radius 2 is 1.95 bits per heavy atom. The maximum atomic E-state index is 12.4. The fraction of sp³-hybridized carbons (Fsp3) is 0.917. The lowest BCUT2D eigenvalue weighted by molar-refractivity contribution is -0.226. The first-order chi connectivity index (χ1) is 8.54. The van der Waals surface area contributed by atoms with Crippen LogP contribution in [0.25, 0.3) is 0 Å². The molecular weight excluding hydrogens is 263 g/mol. The van der Waals surface area contributed by atoms with Gasteiger partial charge in [0.15, 0.2) is 6.10 Å². The van der Waals surface area contributed by atoms with Crippen LogP contribution in [0.2, 0.25) is 0 Å². The van der Waals surface area contributed by atoms with Crippen molar-refractivity contribution in [3.8, 4) is 0 Å². The monoisotopic (exact) mass is 283 g/mol. The largest absolute Gasteiger partial charge is 0.480 e. The SMILES string of the molecule is CC(CC(C)(NC1CC1)C(=O)O)OC(C)C(F)(F)F. The van der Waals surface area contributed by atoms with E-state index in [1.165, 1.54) is 13.8 Å². The van der Waals surface area contributed by atoms with Gasteiger partial charge in [0, 0.05) is 12.5 Å². The van der Waals surface area contributed by atoms with Gasteiger partial charge in [-0.3, -0.25) is 10.1 Å². The minimum absolute atomic E-state index is 0.0146. The maximum Gasteiger partial charge on any atom is 0.414 e. The van der Waals surface area contributed by atoms with E-state index in [0.717, 1.165) is 19.8 Å². The van der Waals surface area contributed by atoms with Gasteiger partial charge in [-0.2, -0.15) is 13.2 Å². The predicted octanol–water partition coefficient (Wildman–Crippen LogP) is 2.33. The van der Waals surface area contributed by atoms with Gasteiger partial charge in [0.05, 0.1) is 6.10 Å². The maximum absolute atomic E-state index is 12.4. The summed E-state index contributed by atoms with van der Waals surface area (Å²) in [5, 5.41) is 12.2. The van der Waals surface area contributed by atoms with Gasteiger partial charge in [-0.05, 0) is 33.6 Å². The minimum atomic E-state index is -4.43. The van der Waals surface area contributed by atoms with Crippen molar-refractivity contribution in [1.29, 1.82) is 0 Å². The van der Waals surface area contributed by atoms with Crippen LogP contribution in [0.5, 0.6) is 0 Å². The number of hydrogen-bond donors (Lipinski definition) is 2. The van der Waals surface area contributed by atoms with Crippen molar-refractivity contribution in [2.75, 3.05) is 0 Å². The summed E-state index contributed by atoms with van der Waals surface area (Å²) >= 11 is 0. The first kappa shape index (κ1) is 16.2. The van der Waals surface area contributed by atoms with E-state index in [-0.39, 0.29) is 12.5 Å². The molecule has 19 heavy (non-hydrogen) atoms. The number of nitrogens with one attached hydrogen (secondary N) is 1. The van der Waals surface area contributed by atoms with E-state index in [4.69, 9.17) is 4.74 Å². The molecule has 0 aromatic rings. The molecule has 0 spiro atoms. The average Bonchev–Trinajstić information content (AvgIpc) is 2.98. The molecule has 0 radical (unpaired) electrons. The van der Waals surface area contributed by atoms with Gasteiger partial charge in [-0.15, -0.1) is 0 Å². The molecule has 2 N–H and O–H groups in total. The lowest BCUT2D eigenvalue weighted by Crippen LogP contribution is -2.53. The summed E-state index contributed by atoms with van der Waals surface area (Å²) in [6.45, 7) is 3.85. The van der Waals surface area contributed by atoms with E-state index >= 15 is 0 Å². The number of carboxylic acid groups (broad SMARTS) is 1. The van der Waals surface area contributed by atoms with Crippen LogP contribution < -0.4 is 5.32 Å². The van der Waals surface area contributed by atoms with E-state index in [9.17, 15) is 23.1 Å². The summed E-state index contributed by atoms with van der Waals surface area (Å²) in [5.41, 5.74) is -1.26. The molecule has 0 heterocycles. The molecule has 3 atom stereocenters. The van der Waals surface area contributed by atoms with Crippen molar-refractivity contribution in [2.45, 2.75) is 70.0 Å². The number of carbonyl (C=O) groups is 1.